The van der Waals surface area contributed by atoms with Gasteiger partial charge in [-0.1, -0.05) is 32.0 Å². The fourth-order valence-corrected chi connectivity index (χ4v) is 4.45. The van der Waals surface area contributed by atoms with Crippen molar-refractivity contribution in [2.24, 2.45) is 16.3 Å². The van der Waals surface area contributed by atoms with E-state index in [0.717, 1.165) is 31.0 Å². The van der Waals surface area contributed by atoms with Crippen molar-refractivity contribution in [1.29, 1.82) is 0 Å². The average molecular weight is 466 g/mol. The molecule has 26 heavy (non-hydrogen) atoms. The molecule has 1 aliphatic heterocycles. The largest absolute Gasteiger partial charge is 0.377 e. The average Bonchev–Trinajstić information content (AvgIpc) is 3.09. The van der Waals surface area contributed by atoms with Gasteiger partial charge in [-0.25, -0.2) is 0 Å². The number of halogens is 1. The lowest BCUT2D eigenvalue weighted by molar-refractivity contribution is -0.106. The van der Waals surface area contributed by atoms with Gasteiger partial charge in [0.2, 0.25) is 0 Å². The van der Waals surface area contributed by atoms with Crippen molar-refractivity contribution in [3.8, 4) is 0 Å². The summed E-state index contributed by atoms with van der Waals surface area (Å²) in [6.07, 6.45) is 3.38. The molecule has 0 radical (unpaired) electrons. The number of fused-ring (bicyclic) bond motifs is 2. The molecule has 4 rings (SSSR count). The van der Waals surface area contributed by atoms with Gasteiger partial charge in [-0.15, -0.1) is 24.0 Å². The first-order valence-corrected chi connectivity index (χ1v) is 9.02. The molecule has 0 spiro atoms. The van der Waals surface area contributed by atoms with Crippen molar-refractivity contribution < 1.29 is 4.74 Å². The van der Waals surface area contributed by atoms with Crippen molar-refractivity contribution in [3.63, 3.8) is 0 Å². The molecule has 2 heterocycles. The number of benzene rings is 1. The van der Waals surface area contributed by atoms with Gasteiger partial charge >= 0.3 is 0 Å². The topological polar surface area (TPSA) is 58.5 Å². The van der Waals surface area contributed by atoms with E-state index in [2.05, 4.69) is 52.7 Å². The minimum absolute atomic E-state index is 0. The third-order valence-corrected chi connectivity index (χ3v) is 5.80. The van der Waals surface area contributed by atoms with E-state index in [1.54, 1.807) is 0 Å². The Kier molecular flexibility index (Phi) is 5.72. The molecular weight excluding hydrogens is 439 g/mol. The second-order valence-electron chi connectivity index (χ2n) is 7.60. The number of rotatable bonds is 3. The molecule has 2 aromatic rings. The number of pyridine rings is 1. The van der Waals surface area contributed by atoms with Crippen molar-refractivity contribution in [2.45, 2.75) is 39.0 Å². The van der Waals surface area contributed by atoms with E-state index in [9.17, 15) is 0 Å². The summed E-state index contributed by atoms with van der Waals surface area (Å²) in [6.45, 7) is 6.16. The summed E-state index contributed by atoms with van der Waals surface area (Å²) in [6, 6.07) is 10.7. The Morgan fingerprint density at radius 3 is 2.92 bits per heavy atom. The number of nitrogens with zero attached hydrogens (tertiary/aromatic N) is 2. The highest BCUT2D eigenvalue weighted by atomic mass is 127. The van der Waals surface area contributed by atoms with Gasteiger partial charge in [0.15, 0.2) is 5.96 Å². The monoisotopic (exact) mass is 466 g/mol. The molecule has 3 unspecified atom stereocenters. The van der Waals surface area contributed by atoms with Crippen molar-refractivity contribution >= 4 is 40.8 Å². The summed E-state index contributed by atoms with van der Waals surface area (Å²) in [5.41, 5.74) is 2.39. The lowest BCUT2D eigenvalue weighted by Crippen LogP contribution is -2.67. The van der Waals surface area contributed by atoms with Crippen LogP contribution in [-0.2, 0) is 11.3 Å². The molecule has 140 valence electrons. The molecule has 2 N–H and O–H groups in total. The fraction of sp³-hybridized carbons (Fsp3) is 0.500. The number of aliphatic imine (C=N–C) groups is 1. The van der Waals surface area contributed by atoms with Gasteiger partial charge in [-0.3, -0.25) is 9.98 Å². The number of hydrogen-bond acceptors (Lipinski definition) is 3. The minimum atomic E-state index is 0. The van der Waals surface area contributed by atoms with E-state index in [1.807, 2.05) is 25.4 Å². The summed E-state index contributed by atoms with van der Waals surface area (Å²) in [5, 5.41) is 8.27. The van der Waals surface area contributed by atoms with E-state index in [1.165, 1.54) is 10.9 Å². The van der Waals surface area contributed by atoms with E-state index in [-0.39, 0.29) is 29.4 Å². The summed E-state index contributed by atoms with van der Waals surface area (Å²) in [5.74, 6) is 1.44. The number of para-hydroxylation sites is 1. The lowest BCUT2D eigenvalue weighted by atomic mass is 9.57. The van der Waals surface area contributed by atoms with E-state index < -0.39 is 0 Å². The highest BCUT2D eigenvalue weighted by Crippen LogP contribution is 2.52. The van der Waals surface area contributed by atoms with Crippen molar-refractivity contribution in [1.82, 2.24) is 15.6 Å². The predicted molar refractivity (Wildman–Crippen MR) is 116 cm³/mol. The summed E-state index contributed by atoms with van der Waals surface area (Å²) in [4.78, 5) is 8.85. The van der Waals surface area contributed by atoms with Gasteiger partial charge in [0.1, 0.15) is 0 Å². The summed E-state index contributed by atoms with van der Waals surface area (Å²) < 4.78 is 5.88. The highest BCUT2D eigenvalue weighted by molar-refractivity contribution is 14.0. The smallest absolute Gasteiger partial charge is 0.191 e. The molecule has 0 amide bonds. The van der Waals surface area contributed by atoms with Crippen molar-refractivity contribution in [3.05, 3.63) is 42.1 Å². The van der Waals surface area contributed by atoms with E-state index in [4.69, 9.17) is 4.74 Å². The molecular formula is C20H27IN4O. The second kappa shape index (κ2) is 7.68. The van der Waals surface area contributed by atoms with E-state index in [0.29, 0.717) is 18.1 Å². The number of hydrogen-bond donors (Lipinski definition) is 2. The zero-order valence-corrected chi connectivity index (χ0v) is 17.9. The number of ether oxygens (including phenoxy) is 1. The molecule has 1 aromatic carbocycles. The highest BCUT2D eigenvalue weighted by Gasteiger charge is 2.59. The zero-order valence-electron chi connectivity index (χ0n) is 15.5. The maximum Gasteiger partial charge on any atom is 0.191 e. The number of guanidine groups is 1. The summed E-state index contributed by atoms with van der Waals surface area (Å²) >= 11 is 0. The van der Waals surface area contributed by atoms with Gasteiger partial charge in [0.05, 0.1) is 11.6 Å². The quantitative estimate of drug-likeness (QED) is 0.414. The van der Waals surface area contributed by atoms with Gasteiger partial charge in [-0.05, 0) is 24.1 Å². The van der Waals surface area contributed by atoms with Crippen LogP contribution >= 0.6 is 24.0 Å². The third kappa shape index (κ3) is 3.29. The maximum absolute atomic E-state index is 5.88. The Hall–Kier alpha value is -1.41. The number of aromatic nitrogens is 1. The SMILES string of the molecule is CN=C(NCc1ccnc2ccccc12)NC1C2CCOC2C1(C)C.I. The Balaban J connectivity index is 0.00000196. The van der Waals surface area contributed by atoms with Gasteiger partial charge in [0.25, 0.3) is 0 Å². The van der Waals surface area contributed by atoms with Crippen LogP contribution in [0, 0.1) is 11.3 Å². The Bertz CT molecular complexity index is 802. The van der Waals surface area contributed by atoms with Crippen LogP contribution in [0.4, 0.5) is 0 Å². The van der Waals surface area contributed by atoms with Crippen LogP contribution in [0.2, 0.25) is 0 Å². The maximum atomic E-state index is 5.88. The van der Waals surface area contributed by atoms with Crippen LogP contribution in [0.5, 0.6) is 0 Å². The van der Waals surface area contributed by atoms with Crippen molar-refractivity contribution in [2.75, 3.05) is 13.7 Å². The first kappa shape index (κ1) is 19.4. The Labute approximate surface area is 172 Å². The van der Waals surface area contributed by atoms with Gasteiger partial charge in [-0.2, -0.15) is 0 Å². The normalized spacial score (nSPS) is 26.6. The van der Waals surface area contributed by atoms with Crippen LogP contribution in [0.15, 0.2) is 41.5 Å². The van der Waals surface area contributed by atoms with Crippen LogP contribution in [0.3, 0.4) is 0 Å². The molecule has 1 aromatic heterocycles. The fourth-order valence-electron chi connectivity index (χ4n) is 4.45. The van der Waals surface area contributed by atoms with Crippen LogP contribution in [0.1, 0.15) is 25.8 Å². The van der Waals surface area contributed by atoms with Crippen LogP contribution in [0.25, 0.3) is 10.9 Å². The zero-order chi connectivity index (χ0) is 17.4. The molecule has 3 atom stereocenters. The second-order valence-corrected chi connectivity index (χ2v) is 7.60. The lowest BCUT2D eigenvalue weighted by Gasteiger charge is -2.54. The summed E-state index contributed by atoms with van der Waals surface area (Å²) in [7, 11) is 1.83. The molecule has 1 saturated heterocycles. The van der Waals surface area contributed by atoms with Gasteiger partial charge < -0.3 is 15.4 Å². The standard InChI is InChI=1S/C20H26N4O.HI/c1-20(2)17(15-9-11-25-18(15)20)24-19(21-3)23-12-13-8-10-22-16-7-5-4-6-14(13)16;/h4-8,10,15,17-18H,9,11-12H2,1-3H3,(H2,21,23,24);1H. The molecule has 1 aliphatic carbocycles. The molecule has 6 heteroatoms. The Morgan fingerprint density at radius 2 is 2.12 bits per heavy atom. The molecule has 5 nitrogen and oxygen atoms in total. The first-order chi connectivity index (χ1) is 12.1. The Morgan fingerprint density at radius 1 is 1.31 bits per heavy atom. The van der Waals surface area contributed by atoms with Gasteiger partial charge in [0, 0.05) is 49.2 Å². The molecule has 0 bridgehead atoms. The predicted octanol–water partition coefficient (Wildman–Crippen LogP) is 3.33. The van der Waals surface area contributed by atoms with Crippen LogP contribution < -0.4 is 10.6 Å². The minimum Gasteiger partial charge on any atom is -0.377 e. The van der Waals surface area contributed by atoms with E-state index >= 15 is 0 Å². The van der Waals surface area contributed by atoms with Crippen LogP contribution in [-0.4, -0.2) is 36.7 Å². The molecule has 2 aliphatic rings. The number of nitrogens with one attached hydrogen (secondary N) is 2. The first-order valence-electron chi connectivity index (χ1n) is 9.02. The molecule has 2 fully saturated rings. The molecule has 1 saturated carbocycles. The third-order valence-electron chi connectivity index (χ3n) is 5.80.